The van der Waals surface area contributed by atoms with Crippen molar-refractivity contribution in [2.75, 3.05) is 0 Å². The van der Waals surface area contributed by atoms with Crippen LogP contribution in [0.5, 0.6) is 5.75 Å². The Morgan fingerprint density at radius 2 is 1.85 bits per heavy atom. The summed E-state index contributed by atoms with van der Waals surface area (Å²) in [6.45, 7) is 6.53. The van der Waals surface area contributed by atoms with Crippen molar-refractivity contribution in [3.05, 3.63) is 62.6 Å². The van der Waals surface area contributed by atoms with E-state index < -0.39 is 0 Å². The molecule has 0 aliphatic heterocycles. The summed E-state index contributed by atoms with van der Waals surface area (Å²) in [5.41, 5.74) is 5.06. The van der Waals surface area contributed by atoms with Gasteiger partial charge in [-0.25, -0.2) is 0 Å². The van der Waals surface area contributed by atoms with Gasteiger partial charge in [-0.3, -0.25) is 4.79 Å². The molecule has 0 fully saturated rings. The van der Waals surface area contributed by atoms with Crippen molar-refractivity contribution in [2.45, 2.75) is 27.4 Å². The minimum Gasteiger partial charge on any atom is -0.488 e. The number of aldehydes is 1. The van der Waals surface area contributed by atoms with Crippen molar-refractivity contribution >= 4 is 22.2 Å². The second-order valence-electron chi connectivity index (χ2n) is 4.98. The van der Waals surface area contributed by atoms with Gasteiger partial charge in [0.25, 0.3) is 0 Å². The smallest absolute Gasteiger partial charge is 0.153 e. The monoisotopic (exact) mass is 332 g/mol. The number of hydrogen-bond donors (Lipinski definition) is 0. The summed E-state index contributed by atoms with van der Waals surface area (Å²) in [5.74, 6) is 0.657. The van der Waals surface area contributed by atoms with E-state index in [0.29, 0.717) is 17.9 Å². The van der Waals surface area contributed by atoms with Crippen molar-refractivity contribution in [2.24, 2.45) is 0 Å². The van der Waals surface area contributed by atoms with Crippen LogP contribution in [0.3, 0.4) is 0 Å². The molecule has 2 aromatic rings. The fourth-order valence-electron chi connectivity index (χ4n) is 2.15. The third kappa shape index (κ3) is 3.28. The van der Waals surface area contributed by atoms with Gasteiger partial charge in [0.1, 0.15) is 12.4 Å². The van der Waals surface area contributed by atoms with E-state index in [1.807, 2.05) is 13.0 Å². The van der Waals surface area contributed by atoms with E-state index in [1.165, 1.54) is 11.1 Å². The first-order valence-corrected chi connectivity index (χ1v) is 7.25. The number of rotatable bonds is 4. The number of halogens is 1. The fraction of sp³-hybridized carbons (Fsp3) is 0.235. The maximum absolute atomic E-state index is 11.2. The third-order valence-corrected chi connectivity index (χ3v) is 3.73. The van der Waals surface area contributed by atoms with Crippen LogP contribution in [0.25, 0.3) is 0 Å². The van der Waals surface area contributed by atoms with E-state index in [-0.39, 0.29) is 0 Å². The van der Waals surface area contributed by atoms with Crippen molar-refractivity contribution in [1.82, 2.24) is 0 Å². The van der Waals surface area contributed by atoms with E-state index in [0.717, 1.165) is 21.9 Å². The normalized spacial score (nSPS) is 10.4. The molecule has 2 rings (SSSR count). The highest BCUT2D eigenvalue weighted by atomic mass is 79.9. The number of carbonyl (C=O) groups excluding carboxylic acids is 1. The van der Waals surface area contributed by atoms with E-state index in [2.05, 4.69) is 48.0 Å². The molecule has 2 aromatic carbocycles. The molecule has 0 saturated heterocycles. The molecule has 2 nitrogen and oxygen atoms in total. The first-order chi connectivity index (χ1) is 9.51. The van der Waals surface area contributed by atoms with Gasteiger partial charge in [0, 0.05) is 4.47 Å². The van der Waals surface area contributed by atoms with Gasteiger partial charge in [-0.1, -0.05) is 39.7 Å². The molecule has 20 heavy (non-hydrogen) atoms. The van der Waals surface area contributed by atoms with E-state index in [1.54, 1.807) is 6.07 Å². The van der Waals surface area contributed by atoms with Gasteiger partial charge >= 0.3 is 0 Å². The predicted octanol–water partition coefficient (Wildman–Crippen LogP) is 4.77. The number of ether oxygens (including phenoxy) is 1. The summed E-state index contributed by atoms with van der Waals surface area (Å²) in [4.78, 5) is 11.2. The zero-order valence-electron chi connectivity index (χ0n) is 11.9. The molecule has 0 unspecified atom stereocenters. The Bertz CT molecular complexity index is 648. The summed E-state index contributed by atoms with van der Waals surface area (Å²) < 4.78 is 6.77. The SMILES string of the molecule is Cc1ccc(C)c(COc2c(C)cc(Br)cc2C=O)c1. The maximum atomic E-state index is 11.2. The van der Waals surface area contributed by atoms with Gasteiger partial charge in [-0.2, -0.15) is 0 Å². The topological polar surface area (TPSA) is 26.3 Å². The summed E-state index contributed by atoms with van der Waals surface area (Å²) in [6.07, 6.45) is 0.830. The van der Waals surface area contributed by atoms with Gasteiger partial charge in [0.05, 0.1) is 5.56 Å². The van der Waals surface area contributed by atoms with Crippen molar-refractivity contribution in [1.29, 1.82) is 0 Å². The summed E-state index contributed by atoms with van der Waals surface area (Å²) in [6, 6.07) is 10.0. The summed E-state index contributed by atoms with van der Waals surface area (Å²) >= 11 is 3.39. The Morgan fingerprint density at radius 1 is 1.10 bits per heavy atom. The minimum atomic E-state index is 0.469. The van der Waals surface area contributed by atoms with Crippen LogP contribution in [0.1, 0.15) is 32.6 Å². The molecule has 3 heteroatoms. The third-order valence-electron chi connectivity index (χ3n) is 3.27. The molecule has 0 atom stereocenters. The quantitative estimate of drug-likeness (QED) is 0.754. The van der Waals surface area contributed by atoms with Crippen LogP contribution in [-0.4, -0.2) is 6.29 Å². The number of benzene rings is 2. The van der Waals surface area contributed by atoms with Crippen LogP contribution >= 0.6 is 15.9 Å². The Hall–Kier alpha value is -1.61. The number of carbonyl (C=O) groups is 1. The lowest BCUT2D eigenvalue weighted by atomic mass is 10.1. The zero-order chi connectivity index (χ0) is 14.7. The summed E-state index contributed by atoms with van der Waals surface area (Å²) in [7, 11) is 0. The molecular weight excluding hydrogens is 316 g/mol. The highest BCUT2D eigenvalue weighted by Gasteiger charge is 2.09. The molecule has 104 valence electrons. The predicted molar refractivity (Wildman–Crippen MR) is 84.5 cm³/mol. The molecule has 0 bridgehead atoms. The van der Waals surface area contributed by atoms with Gasteiger partial charge in [-0.15, -0.1) is 0 Å². The Kier molecular flexibility index (Phi) is 4.61. The van der Waals surface area contributed by atoms with Gasteiger partial charge in [-0.05, 0) is 49.6 Å². The second kappa shape index (κ2) is 6.23. The Morgan fingerprint density at radius 3 is 2.55 bits per heavy atom. The lowest BCUT2D eigenvalue weighted by molar-refractivity contribution is 0.111. The molecule has 0 aliphatic rings. The van der Waals surface area contributed by atoms with Crippen LogP contribution in [0.4, 0.5) is 0 Å². The average molecular weight is 333 g/mol. The second-order valence-corrected chi connectivity index (χ2v) is 5.89. The molecule has 0 amide bonds. The van der Waals surface area contributed by atoms with Crippen LogP contribution < -0.4 is 4.74 Å². The average Bonchev–Trinajstić information content (AvgIpc) is 2.40. The van der Waals surface area contributed by atoms with E-state index >= 15 is 0 Å². The Labute approximate surface area is 127 Å². The molecule has 0 N–H and O–H groups in total. The van der Waals surface area contributed by atoms with Crippen molar-refractivity contribution in [3.8, 4) is 5.75 Å². The molecule has 0 aliphatic carbocycles. The Balaban J connectivity index is 2.27. The molecular formula is C17H17BrO2. The highest BCUT2D eigenvalue weighted by molar-refractivity contribution is 9.10. The molecule has 0 radical (unpaired) electrons. The van der Waals surface area contributed by atoms with Gasteiger partial charge in [0.2, 0.25) is 0 Å². The first-order valence-electron chi connectivity index (χ1n) is 6.45. The van der Waals surface area contributed by atoms with Crippen LogP contribution in [-0.2, 0) is 6.61 Å². The standard InChI is InChI=1S/C17H17BrO2/c1-11-4-5-12(2)15(6-11)10-20-17-13(3)7-16(18)8-14(17)9-19/h4-9H,10H2,1-3H3. The van der Waals surface area contributed by atoms with Gasteiger partial charge < -0.3 is 4.74 Å². The number of hydrogen-bond acceptors (Lipinski definition) is 2. The van der Waals surface area contributed by atoms with Crippen LogP contribution in [0.15, 0.2) is 34.8 Å². The lowest BCUT2D eigenvalue weighted by Gasteiger charge is -2.14. The largest absolute Gasteiger partial charge is 0.488 e. The van der Waals surface area contributed by atoms with Gasteiger partial charge in [0.15, 0.2) is 6.29 Å². The molecule has 0 spiro atoms. The van der Waals surface area contributed by atoms with Crippen molar-refractivity contribution < 1.29 is 9.53 Å². The molecule has 0 aromatic heterocycles. The van der Waals surface area contributed by atoms with E-state index in [9.17, 15) is 4.79 Å². The highest BCUT2D eigenvalue weighted by Crippen LogP contribution is 2.28. The van der Waals surface area contributed by atoms with Crippen LogP contribution in [0.2, 0.25) is 0 Å². The lowest BCUT2D eigenvalue weighted by Crippen LogP contribution is -2.02. The fourth-order valence-corrected chi connectivity index (χ4v) is 2.74. The molecule has 0 heterocycles. The van der Waals surface area contributed by atoms with E-state index in [4.69, 9.17) is 4.74 Å². The van der Waals surface area contributed by atoms with Crippen LogP contribution in [0, 0.1) is 20.8 Å². The minimum absolute atomic E-state index is 0.469. The molecule has 0 saturated carbocycles. The zero-order valence-corrected chi connectivity index (χ0v) is 13.5. The number of aryl methyl sites for hydroxylation is 3. The summed E-state index contributed by atoms with van der Waals surface area (Å²) in [5, 5.41) is 0. The maximum Gasteiger partial charge on any atom is 0.153 e. The van der Waals surface area contributed by atoms with Crippen molar-refractivity contribution in [3.63, 3.8) is 0 Å². The first kappa shape index (κ1) is 14.8.